The van der Waals surface area contributed by atoms with Gasteiger partial charge in [0, 0.05) is 5.56 Å². The summed E-state index contributed by atoms with van der Waals surface area (Å²) in [4.78, 5) is 4.54. The minimum atomic E-state index is -0.680. The lowest BCUT2D eigenvalue weighted by Gasteiger charge is -2.19. The van der Waals surface area contributed by atoms with Crippen LogP contribution in [0.25, 0.3) is 0 Å². The van der Waals surface area contributed by atoms with Crippen LogP contribution in [-0.4, -0.2) is 10.1 Å². The molecule has 1 aromatic heterocycles. The fraction of sp³-hybridized carbons (Fsp3) is 0.300. The van der Waals surface area contributed by atoms with E-state index >= 15 is 0 Å². The van der Waals surface area contributed by atoms with E-state index in [1.165, 1.54) is 18.2 Å². The van der Waals surface area contributed by atoms with Crippen LogP contribution in [0.15, 0.2) is 53.1 Å². The van der Waals surface area contributed by atoms with E-state index in [1.54, 1.807) is 0 Å². The maximum Gasteiger partial charge on any atom is 0.272 e. The van der Waals surface area contributed by atoms with Crippen LogP contribution in [-0.2, 0) is 5.54 Å². The number of ether oxygens (including phenoxy) is 1. The molecule has 1 atom stereocenters. The zero-order chi connectivity index (χ0) is 18.9. The van der Waals surface area contributed by atoms with Crippen molar-refractivity contribution in [2.75, 3.05) is 0 Å². The van der Waals surface area contributed by atoms with Crippen LogP contribution >= 0.6 is 24.0 Å². The fourth-order valence-electron chi connectivity index (χ4n) is 3.36. The highest BCUT2D eigenvalue weighted by Crippen LogP contribution is 2.37. The van der Waals surface area contributed by atoms with E-state index in [0.29, 0.717) is 11.6 Å². The molecule has 1 aliphatic rings. The molecule has 0 amide bonds. The van der Waals surface area contributed by atoms with Gasteiger partial charge in [0.05, 0.1) is 10.6 Å². The van der Waals surface area contributed by atoms with Gasteiger partial charge in [-0.05, 0) is 31.0 Å². The van der Waals surface area contributed by atoms with Crippen molar-refractivity contribution >= 4 is 24.0 Å². The van der Waals surface area contributed by atoms with Crippen LogP contribution in [0.3, 0.4) is 0 Å². The number of hydrogen-bond donors (Lipinski definition) is 1. The minimum Gasteiger partial charge on any atom is -0.474 e. The van der Waals surface area contributed by atoms with Crippen LogP contribution in [0.4, 0.5) is 4.39 Å². The van der Waals surface area contributed by atoms with Crippen molar-refractivity contribution in [2.45, 2.75) is 37.3 Å². The van der Waals surface area contributed by atoms with E-state index in [2.05, 4.69) is 10.1 Å². The Morgan fingerprint density at radius 3 is 2.54 bits per heavy atom. The molecule has 1 fully saturated rings. The maximum atomic E-state index is 13.4. The highest BCUT2D eigenvalue weighted by atomic mass is 35.5. The number of hydrogen-bond acceptors (Lipinski definition) is 5. The number of nitrogens with zero attached hydrogens (tertiary/aromatic N) is 2. The lowest BCUT2D eigenvalue weighted by atomic mass is 9.98. The highest BCUT2D eigenvalue weighted by molar-refractivity contribution is 6.32. The summed E-state index contributed by atoms with van der Waals surface area (Å²) in [6.45, 7) is 0. The van der Waals surface area contributed by atoms with Gasteiger partial charge in [0.2, 0.25) is 6.10 Å². The molecule has 5 nitrogen and oxygen atoms in total. The molecule has 1 heterocycles. The van der Waals surface area contributed by atoms with E-state index in [-0.39, 0.29) is 23.3 Å². The third kappa shape index (κ3) is 4.14. The Morgan fingerprint density at radius 1 is 1.14 bits per heavy atom. The monoisotopic (exact) mass is 423 g/mol. The second kappa shape index (κ2) is 8.47. The van der Waals surface area contributed by atoms with Crippen molar-refractivity contribution in [3.63, 3.8) is 0 Å². The largest absolute Gasteiger partial charge is 0.474 e. The smallest absolute Gasteiger partial charge is 0.272 e. The first kappa shape index (κ1) is 20.6. The minimum absolute atomic E-state index is 0. The maximum absolute atomic E-state index is 13.4. The standard InChI is InChI=1S/C20H19ClFN3O2.ClH/c21-15-12-14(22)8-9-16(15)26-17(13-6-2-1-3-7-13)18-24-19(25-27-18)20(23)10-4-5-11-20;/h1-3,6-9,12,17H,4-5,10-11,23H2;1H. The summed E-state index contributed by atoms with van der Waals surface area (Å²) >= 11 is 6.13. The van der Waals surface area contributed by atoms with E-state index in [4.69, 9.17) is 26.6 Å². The first-order chi connectivity index (χ1) is 13.0. The third-order valence-corrected chi connectivity index (χ3v) is 5.14. The predicted octanol–water partition coefficient (Wildman–Crippen LogP) is 5.18. The zero-order valence-electron chi connectivity index (χ0n) is 15.0. The average molecular weight is 424 g/mol. The topological polar surface area (TPSA) is 74.2 Å². The lowest BCUT2D eigenvalue weighted by Crippen LogP contribution is -2.34. The Labute approximate surface area is 173 Å². The second-order valence-electron chi connectivity index (χ2n) is 6.80. The molecule has 0 radical (unpaired) electrons. The average Bonchev–Trinajstić information content (AvgIpc) is 3.32. The van der Waals surface area contributed by atoms with Crippen LogP contribution in [0.5, 0.6) is 5.75 Å². The number of nitrogens with two attached hydrogens (primary N) is 1. The molecule has 0 aliphatic heterocycles. The van der Waals surface area contributed by atoms with E-state index in [9.17, 15) is 4.39 Å². The summed E-state index contributed by atoms with van der Waals surface area (Å²) in [5.41, 5.74) is 6.69. The van der Waals surface area contributed by atoms with Crippen molar-refractivity contribution in [2.24, 2.45) is 5.73 Å². The fourth-order valence-corrected chi connectivity index (χ4v) is 3.57. The van der Waals surface area contributed by atoms with Gasteiger partial charge in [-0.3, -0.25) is 0 Å². The number of rotatable bonds is 5. The summed E-state index contributed by atoms with van der Waals surface area (Å²) in [5, 5.41) is 4.28. The van der Waals surface area contributed by atoms with Gasteiger partial charge in [-0.15, -0.1) is 12.4 Å². The number of halogens is 3. The first-order valence-electron chi connectivity index (χ1n) is 8.85. The molecule has 1 saturated carbocycles. The first-order valence-corrected chi connectivity index (χ1v) is 9.23. The van der Waals surface area contributed by atoms with E-state index in [0.717, 1.165) is 31.2 Å². The van der Waals surface area contributed by atoms with Crippen LogP contribution in [0.1, 0.15) is 49.1 Å². The molecule has 0 saturated heterocycles. The van der Waals surface area contributed by atoms with Gasteiger partial charge in [-0.2, -0.15) is 4.98 Å². The van der Waals surface area contributed by atoms with Crippen molar-refractivity contribution in [1.29, 1.82) is 0 Å². The Hall–Kier alpha value is -2.15. The zero-order valence-corrected chi connectivity index (χ0v) is 16.5. The number of benzene rings is 2. The molecular weight excluding hydrogens is 404 g/mol. The van der Waals surface area contributed by atoms with Crippen LogP contribution < -0.4 is 10.5 Å². The molecule has 2 aromatic carbocycles. The summed E-state index contributed by atoms with van der Waals surface area (Å²) in [6, 6.07) is 13.4. The highest BCUT2D eigenvalue weighted by Gasteiger charge is 2.37. The summed E-state index contributed by atoms with van der Waals surface area (Å²) in [6.07, 6.45) is 3.06. The summed E-state index contributed by atoms with van der Waals surface area (Å²) < 4.78 is 24.9. The van der Waals surface area contributed by atoms with Gasteiger partial charge in [0.25, 0.3) is 5.89 Å². The van der Waals surface area contributed by atoms with E-state index in [1.807, 2.05) is 30.3 Å². The van der Waals surface area contributed by atoms with Gasteiger partial charge in [0.15, 0.2) is 5.82 Å². The molecule has 4 rings (SSSR count). The quantitative estimate of drug-likeness (QED) is 0.611. The molecular formula is C20H20Cl2FN3O2. The molecule has 3 aromatic rings. The number of aromatic nitrogens is 2. The van der Waals surface area contributed by atoms with Crippen molar-refractivity contribution in [3.8, 4) is 5.75 Å². The molecule has 2 N–H and O–H groups in total. The van der Waals surface area contributed by atoms with Crippen molar-refractivity contribution < 1.29 is 13.7 Å². The van der Waals surface area contributed by atoms with Crippen molar-refractivity contribution in [1.82, 2.24) is 10.1 Å². The van der Waals surface area contributed by atoms with Crippen LogP contribution in [0.2, 0.25) is 5.02 Å². The normalized spacial score (nSPS) is 16.4. The Bertz CT molecular complexity index is 930. The van der Waals surface area contributed by atoms with Crippen LogP contribution in [0, 0.1) is 5.82 Å². The third-order valence-electron chi connectivity index (χ3n) is 4.85. The molecule has 1 unspecified atom stereocenters. The SMILES string of the molecule is Cl.NC1(c2noc(C(Oc3ccc(F)cc3Cl)c3ccccc3)n2)CCCC1. The van der Waals surface area contributed by atoms with Gasteiger partial charge in [-0.25, -0.2) is 4.39 Å². The molecule has 1 aliphatic carbocycles. The second-order valence-corrected chi connectivity index (χ2v) is 7.21. The molecule has 0 bridgehead atoms. The summed E-state index contributed by atoms with van der Waals surface area (Å²) in [5.74, 6) is 0.669. The molecule has 0 spiro atoms. The molecule has 8 heteroatoms. The summed E-state index contributed by atoms with van der Waals surface area (Å²) in [7, 11) is 0. The molecule has 148 valence electrons. The van der Waals surface area contributed by atoms with Gasteiger partial charge in [0.1, 0.15) is 11.6 Å². The van der Waals surface area contributed by atoms with Gasteiger partial charge in [-0.1, -0.05) is 59.9 Å². The Balaban J connectivity index is 0.00000225. The van der Waals surface area contributed by atoms with Gasteiger partial charge < -0.3 is 15.0 Å². The van der Waals surface area contributed by atoms with Gasteiger partial charge >= 0.3 is 0 Å². The van der Waals surface area contributed by atoms with E-state index < -0.39 is 17.5 Å². The van der Waals surface area contributed by atoms with Crippen molar-refractivity contribution in [3.05, 3.63) is 76.6 Å². The lowest BCUT2D eigenvalue weighted by molar-refractivity contribution is 0.193. The Kier molecular flexibility index (Phi) is 6.23. The molecule has 28 heavy (non-hydrogen) atoms. The Morgan fingerprint density at radius 2 is 1.86 bits per heavy atom. The predicted molar refractivity (Wildman–Crippen MR) is 106 cm³/mol.